The maximum Gasteiger partial charge on any atom is 0.313 e. The second kappa shape index (κ2) is 5.42. The first kappa shape index (κ1) is 12.9. The summed E-state index contributed by atoms with van der Waals surface area (Å²) >= 11 is 0. The summed E-state index contributed by atoms with van der Waals surface area (Å²) in [5, 5.41) is 0. The number of fused-ring (bicyclic) bond motifs is 1. The molecule has 0 spiro atoms. The molecule has 3 nitrogen and oxygen atoms in total. The first-order valence-electron chi connectivity index (χ1n) is 6.55. The molecule has 18 heavy (non-hydrogen) atoms. The highest BCUT2D eigenvalue weighted by Crippen LogP contribution is 2.32. The molecule has 1 aliphatic rings. The molecule has 0 saturated heterocycles. The molecule has 0 saturated carbocycles. The van der Waals surface area contributed by atoms with Gasteiger partial charge in [-0.15, -0.1) is 0 Å². The summed E-state index contributed by atoms with van der Waals surface area (Å²) in [7, 11) is 0. The van der Waals surface area contributed by atoms with Gasteiger partial charge in [-0.05, 0) is 30.0 Å². The van der Waals surface area contributed by atoms with E-state index in [0.717, 1.165) is 24.3 Å². The van der Waals surface area contributed by atoms with Gasteiger partial charge in [0, 0.05) is 6.42 Å². The molecule has 0 amide bonds. The van der Waals surface area contributed by atoms with Crippen LogP contribution in [0.3, 0.4) is 0 Å². The molecule has 1 aromatic rings. The summed E-state index contributed by atoms with van der Waals surface area (Å²) in [5.74, 6) is 0.858. The molecule has 2 rings (SSSR count). The molecule has 0 N–H and O–H groups in total. The molecule has 0 aliphatic carbocycles. The van der Waals surface area contributed by atoms with Gasteiger partial charge < -0.3 is 9.47 Å². The van der Waals surface area contributed by atoms with Gasteiger partial charge in [-0.25, -0.2) is 0 Å². The first-order valence-corrected chi connectivity index (χ1v) is 6.55. The fourth-order valence-corrected chi connectivity index (χ4v) is 2.43. The summed E-state index contributed by atoms with van der Waals surface area (Å²) in [6, 6.07) is 6.03. The molecule has 1 aliphatic heterocycles. The van der Waals surface area contributed by atoms with Gasteiger partial charge >= 0.3 is 5.97 Å². The van der Waals surface area contributed by atoms with Gasteiger partial charge in [-0.2, -0.15) is 0 Å². The number of carbonyl (C=O) groups excluding carboxylic acids is 1. The fourth-order valence-electron chi connectivity index (χ4n) is 2.43. The van der Waals surface area contributed by atoms with Crippen molar-refractivity contribution in [2.75, 3.05) is 13.2 Å². The Kier molecular flexibility index (Phi) is 3.90. The van der Waals surface area contributed by atoms with Crippen molar-refractivity contribution < 1.29 is 14.3 Å². The predicted molar refractivity (Wildman–Crippen MR) is 69.9 cm³/mol. The van der Waals surface area contributed by atoms with Crippen LogP contribution >= 0.6 is 0 Å². The third-order valence-corrected chi connectivity index (χ3v) is 3.28. The second-order valence-electron chi connectivity index (χ2n) is 4.94. The normalized spacial score (nSPS) is 15.1. The Bertz CT molecular complexity index is 437. The van der Waals surface area contributed by atoms with Crippen molar-refractivity contribution in [2.24, 2.45) is 5.92 Å². The Morgan fingerprint density at radius 2 is 2.22 bits per heavy atom. The number of benzene rings is 1. The van der Waals surface area contributed by atoms with Gasteiger partial charge in [0.1, 0.15) is 5.75 Å². The number of carbonyl (C=O) groups is 1. The van der Waals surface area contributed by atoms with E-state index in [-0.39, 0.29) is 17.8 Å². The van der Waals surface area contributed by atoms with E-state index < -0.39 is 0 Å². The highest BCUT2D eigenvalue weighted by Gasteiger charge is 2.26. The van der Waals surface area contributed by atoms with Crippen LogP contribution in [0, 0.1) is 5.92 Å². The molecule has 98 valence electrons. The van der Waals surface area contributed by atoms with E-state index in [1.165, 1.54) is 5.56 Å². The lowest BCUT2D eigenvalue weighted by Crippen LogP contribution is -2.21. The summed E-state index contributed by atoms with van der Waals surface area (Å²) in [6.07, 6.45) is 0.927. The molecule has 0 fully saturated rings. The first-order chi connectivity index (χ1) is 8.63. The minimum absolute atomic E-state index is 0.133. The van der Waals surface area contributed by atoms with Crippen LogP contribution in [0.1, 0.15) is 37.8 Å². The average Bonchev–Trinajstić information content (AvgIpc) is 2.76. The Balaban J connectivity index is 2.28. The lowest BCUT2D eigenvalue weighted by molar-refractivity contribution is -0.146. The molecular weight excluding hydrogens is 228 g/mol. The van der Waals surface area contributed by atoms with Crippen LogP contribution in [0.25, 0.3) is 0 Å². The number of ether oxygens (including phenoxy) is 2. The standard InChI is InChI=1S/C15H20O3/c1-4-17-15(16)14(10(2)3)12-5-6-13-11(9-12)7-8-18-13/h5-6,9-10,14H,4,7-8H2,1-3H3. The van der Waals surface area contributed by atoms with E-state index in [1.54, 1.807) is 0 Å². The van der Waals surface area contributed by atoms with Crippen LogP contribution in [0.2, 0.25) is 0 Å². The van der Waals surface area contributed by atoms with Gasteiger partial charge in [0.2, 0.25) is 0 Å². The summed E-state index contributed by atoms with van der Waals surface area (Å²) in [4.78, 5) is 12.0. The van der Waals surface area contributed by atoms with E-state index in [9.17, 15) is 4.79 Å². The Hall–Kier alpha value is -1.51. The van der Waals surface area contributed by atoms with Crippen LogP contribution in [0.4, 0.5) is 0 Å². The van der Waals surface area contributed by atoms with Crippen molar-refractivity contribution in [3.05, 3.63) is 29.3 Å². The van der Waals surface area contributed by atoms with Crippen molar-refractivity contribution in [3.8, 4) is 5.75 Å². The summed E-state index contributed by atoms with van der Waals surface area (Å²) in [6.45, 7) is 7.10. The monoisotopic (exact) mass is 248 g/mol. The minimum atomic E-state index is -0.184. The average molecular weight is 248 g/mol. The van der Waals surface area contributed by atoms with E-state index in [1.807, 2.05) is 32.9 Å². The zero-order valence-corrected chi connectivity index (χ0v) is 11.2. The molecule has 1 aromatic carbocycles. The maximum absolute atomic E-state index is 12.0. The number of rotatable bonds is 4. The SMILES string of the molecule is CCOC(=O)C(c1ccc2c(c1)CCO2)C(C)C. The fraction of sp³-hybridized carbons (Fsp3) is 0.533. The summed E-state index contributed by atoms with van der Waals surface area (Å²) in [5.41, 5.74) is 2.23. The molecule has 0 radical (unpaired) electrons. The third-order valence-electron chi connectivity index (χ3n) is 3.28. The van der Waals surface area contributed by atoms with Gasteiger partial charge in [-0.1, -0.05) is 26.0 Å². The quantitative estimate of drug-likeness (QED) is 0.768. The smallest absolute Gasteiger partial charge is 0.313 e. The van der Waals surface area contributed by atoms with Gasteiger partial charge in [-0.3, -0.25) is 4.79 Å². The number of hydrogen-bond acceptors (Lipinski definition) is 3. The molecular formula is C15H20O3. The van der Waals surface area contributed by atoms with Crippen molar-refractivity contribution >= 4 is 5.97 Å². The molecule has 1 unspecified atom stereocenters. The van der Waals surface area contributed by atoms with Crippen LogP contribution in [-0.2, 0) is 16.0 Å². The third kappa shape index (κ3) is 2.50. The van der Waals surface area contributed by atoms with Crippen LogP contribution < -0.4 is 4.74 Å². The molecule has 3 heteroatoms. The Morgan fingerprint density at radius 3 is 2.89 bits per heavy atom. The van der Waals surface area contributed by atoms with Gasteiger partial charge in [0.05, 0.1) is 19.1 Å². The van der Waals surface area contributed by atoms with Crippen molar-refractivity contribution in [2.45, 2.75) is 33.1 Å². The van der Waals surface area contributed by atoms with E-state index >= 15 is 0 Å². The minimum Gasteiger partial charge on any atom is -0.493 e. The zero-order valence-electron chi connectivity index (χ0n) is 11.2. The second-order valence-corrected chi connectivity index (χ2v) is 4.94. The molecule has 0 aromatic heterocycles. The Labute approximate surface area is 108 Å². The predicted octanol–water partition coefficient (Wildman–Crippen LogP) is 2.92. The summed E-state index contributed by atoms with van der Waals surface area (Å²) < 4.78 is 10.7. The van der Waals surface area contributed by atoms with E-state index in [4.69, 9.17) is 9.47 Å². The van der Waals surface area contributed by atoms with Crippen molar-refractivity contribution in [1.82, 2.24) is 0 Å². The van der Waals surface area contributed by atoms with Gasteiger partial charge in [0.15, 0.2) is 0 Å². The van der Waals surface area contributed by atoms with Gasteiger partial charge in [0.25, 0.3) is 0 Å². The largest absolute Gasteiger partial charge is 0.493 e. The lowest BCUT2D eigenvalue weighted by atomic mass is 9.87. The van der Waals surface area contributed by atoms with Crippen LogP contribution in [0.15, 0.2) is 18.2 Å². The zero-order chi connectivity index (χ0) is 13.1. The van der Waals surface area contributed by atoms with Crippen molar-refractivity contribution in [3.63, 3.8) is 0 Å². The molecule has 1 heterocycles. The number of hydrogen-bond donors (Lipinski definition) is 0. The molecule has 1 atom stereocenters. The maximum atomic E-state index is 12.0. The highest BCUT2D eigenvalue weighted by atomic mass is 16.5. The number of esters is 1. The Morgan fingerprint density at radius 1 is 1.44 bits per heavy atom. The van der Waals surface area contributed by atoms with E-state index in [0.29, 0.717) is 6.61 Å². The highest BCUT2D eigenvalue weighted by molar-refractivity contribution is 5.78. The topological polar surface area (TPSA) is 35.5 Å². The van der Waals surface area contributed by atoms with Crippen molar-refractivity contribution in [1.29, 1.82) is 0 Å². The lowest BCUT2D eigenvalue weighted by Gasteiger charge is -2.20. The van der Waals surface area contributed by atoms with E-state index in [2.05, 4.69) is 6.07 Å². The van der Waals surface area contributed by atoms with Crippen LogP contribution in [-0.4, -0.2) is 19.2 Å². The van der Waals surface area contributed by atoms with Crippen LogP contribution in [0.5, 0.6) is 5.75 Å². The molecule has 0 bridgehead atoms.